The van der Waals surface area contributed by atoms with Crippen LogP contribution in [-0.2, 0) is 6.42 Å². The lowest BCUT2D eigenvalue weighted by molar-refractivity contribution is 0.0691. The summed E-state index contributed by atoms with van der Waals surface area (Å²) in [5.41, 5.74) is 0.733. The number of carbonyl (C=O) groups excluding carboxylic acids is 1. The minimum atomic E-state index is 0.126. The number of nitrogens with zero attached hydrogens (tertiary/aromatic N) is 1. The van der Waals surface area contributed by atoms with Crippen LogP contribution in [-0.4, -0.2) is 23.9 Å². The molecule has 1 aliphatic rings. The Labute approximate surface area is 134 Å². The average Bonchev–Trinajstić information content (AvgIpc) is 3.01. The minimum Gasteiger partial charge on any atom is -0.339 e. The van der Waals surface area contributed by atoms with Gasteiger partial charge in [0, 0.05) is 28.6 Å². The van der Waals surface area contributed by atoms with Gasteiger partial charge in [0.15, 0.2) is 0 Å². The molecule has 110 valence electrons. The predicted molar refractivity (Wildman–Crippen MR) is 88.1 cm³/mol. The summed E-state index contributed by atoms with van der Waals surface area (Å²) < 4.78 is 0. The third-order valence-electron chi connectivity index (χ3n) is 4.06. The first-order valence-electron chi connectivity index (χ1n) is 7.29. The highest BCUT2D eigenvalue weighted by Gasteiger charge is 2.23. The summed E-state index contributed by atoms with van der Waals surface area (Å²) in [6.45, 7) is 1.72. The van der Waals surface area contributed by atoms with Gasteiger partial charge in [0.25, 0.3) is 5.91 Å². The molecule has 0 N–H and O–H groups in total. The monoisotopic (exact) mass is 319 g/mol. The lowest BCUT2D eigenvalue weighted by atomic mass is 9.92. The molecule has 2 nitrogen and oxygen atoms in total. The van der Waals surface area contributed by atoms with Gasteiger partial charge in [-0.1, -0.05) is 17.7 Å². The lowest BCUT2D eigenvalue weighted by Crippen LogP contribution is -2.38. The van der Waals surface area contributed by atoms with E-state index in [1.807, 2.05) is 28.4 Å². The van der Waals surface area contributed by atoms with E-state index in [4.69, 9.17) is 11.6 Å². The maximum atomic E-state index is 12.4. The number of thiophene rings is 1. The molecule has 0 spiro atoms. The van der Waals surface area contributed by atoms with Gasteiger partial charge in [-0.2, -0.15) is 0 Å². The molecule has 0 bridgehead atoms. The molecule has 1 saturated heterocycles. The minimum absolute atomic E-state index is 0.126. The lowest BCUT2D eigenvalue weighted by Gasteiger charge is -2.32. The fourth-order valence-electron chi connectivity index (χ4n) is 2.83. The molecular formula is C17H18ClNOS. The predicted octanol–water partition coefficient (Wildman–Crippen LogP) is 4.50. The number of piperidine rings is 1. The second-order valence-corrected chi connectivity index (χ2v) is 6.99. The van der Waals surface area contributed by atoms with Crippen LogP contribution in [0.2, 0.25) is 5.02 Å². The second kappa shape index (κ2) is 6.63. The third-order valence-corrected chi connectivity index (χ3v) is 5.21. The zero-order valence-electron chi connectivity index (χ0n) is 11.8. The first-order valence-corrected chi connectivity index (χ1v) is 8.55. The van der Waals surface area contributed by atoms with Gasteiger partial charge >= 0.3 is 0 Å². The molecule has 1 aromatic heterocycles. The van der Waals surface area contributed by atoms with Crippen molar-refractivity contribution in [3.8, 4) is 0 Å². The summed E-state index contributed by atoms with van der Waals surface area (Å²) in [5, 5.41) is 2.80. The van der Waals surface area contributed by atoms with Crippen molar-refractivity contribution in [2.75, 3.05) is 13.1 Å². The number of benzene rings is 1. The second-order valence-electron chi connectivity index (χ2n) is 5.53. The van der Waals surface area contributed by atoms with E-state index in [1.165, 1.54) is 4.88 Å². The molecule has 1 amide bonds. The average molecular weight is 320 g/mol. The van der Waals surface area contributed by atoms with Gasteiger partial charge in [-0.15, -0.1) is 11.3 Å². The van der Waals surface area contributed by atoms with E-state index >= 15 is 0 Å². The van der Waals surface area contributed by atoms with Crippen molar-refractivity contribution in [1.82, 2.24) is 4.90 Å². The molecule has 1 fully saturated rings. The number of rotatable bonds is 3. The van der Waals surface area contributed by atoms with Crippen molar-refractivity contribution in [1.29, 1.82) is 0 Å². The Morgan fingerprint density at radius 1 is 1.19 bits per heavy atom. The first-order chi connectivity index (χ1) is 10.2. The zero-order chi connectivity index (χ0) is 14.7. The highest BCUT2D eigenvalue weighted by molar-refractivity contribution is 7.09. The van der Waals surface area contributed by atoms with Gasteiger partial charge in [-0.05, 0) is 60.9 Å². The van der Waals surface area contributed by atoms with Crippen LogP contribution in [0.5, 0.6) is 0 Å². The Balaban J connectivity index is 1.55. The number of amides is 1. The molecule has 3 rings (SSSR count). The van der Waals surface area contributed by atoms with Crippen molar-refractivity contribution in [2.45, 2.75) is 19.3 Å². The van der Waals surface area contributed by atoms with E-state index in [2.05, 4.69) is 17.5 Å². The summed E-state index contributed by atoms with van der Waals surface area (Å²) in [6.07, 6.45) is 3.34. The van der Waals surface area contributed by atoms with Crippen LogP contribution < -0.4 is 0 Å². The first kappa shape index (κ1) is 14.6. The Kier molecular flexibility index (Phi) is 4.61. The number of carbonyl (C=O) groups is 1. The van der Waals surface area contributed by atoms with Crippen LogP contribution in [0, 0.1) is 5.92 Å². The molecule has 0 atom stereocenters. The van der Waals surface area contributed by atoms with E-state index in [9.17, 15) is 4.79 Å². The van der Waals surface area contributed by atoms with Gasteiger partial charge in [-0.3, -0.25) is 4.79 Å². The summed E-state index contributed by atoms with van der Waals surface area (Å²) in [4.78, 5) is 15.8. The van der Waals surface area contributed by atoms with E-state index in [0.717, 1.165) is 37.9 Å². The van der Waals surface area contributed by atoms with E-state index in [-0.39, 0.29) is 5.91 Å². The van der Waals surface area contributed by atoms with Crippen LogP contribution in [0.3, 0.4) is 0 Å². The van der Waals surface area contributed by atoms with Crippen molar-refractivity contribution in [3.05, 3.63) is 57.2 Å². The molecule has 0 saturated carbocycles. The smallest absolute Gasteiger partial charge is 0.253 e. The highest BCUT2D eigenvalue weighted by atomic mass is 35.5. The zero-order valence-corrected chi connectivity index (χ0v) is 13.4. The maximum absolute atomic E-state index is 12.4. The summed E-state index contributed by atoms with van der Waals surface area (Å²) in [6, 6.07) is 11.5. The standard InChI is InChI=1S/C17H18ClNOS/c18-15-5-3-14(4-6-15)17(20)19-9-7-13(8-10-19)12-16-2-1-11-21-16/h1-6,11,13H,7-10,12H2. The van der Waals surface area contributed by atoms with Crippen LogP contribution in [0.4, 0.5) is 0 Å². The van der Waals surface area contributed by atoms with E-state index in [0.29, 0.717) is 10.9 Å². The van der Waals surface area contributed by atoms with Gasteiger partial charge in [0.05, 0.1) is 0 Å². The van der Waals surface area contributed by atoms with Gasteiger partial charge < -0.3 is 4.90 Å². The Morgan fingerprint density at radius 3 is 2.52 bits per heavy atom. The van der Waals surface area contributed by atoms with E-state index in [1.54, 1.807) is 12.1 Å². The third kappa shape index (κ3) is 3.66. The fraction of sp³-hybridized carbons (Fsp3) is 0.353. The highest BCUT2D eigenvalue weighted by Crippen LogP contribution is 2.24. The quantitative estimate of drug-likeness (QED) is 0.816. The maximum Gasteiger partial charge on any atom is 0.253 e. The normalized spacial score (nSPS) is 16.1. The van der Waals surface area contributed by atoms with Gasteiger partial charge in [-0.25, -0.2) is 0 Å². The van der Waals surface area contributed by atoms with Crippen molar-refractivity contribution in [3.63, 3.8) is 0 Å². The Morgan fingerprint density at radius 2 is 1.90 bits per heavy atom. The molecule has 2 heterocycles. The molecule has 1 aliphatic heterocycles. The number of hydrogen-bond donors (Lipinski definition) is 0. The van der Waals surface area contributed by atoms with Gasteiger partial charge in [0.2, 0.25) is 0 Å². The molecule has 21 heavy (non-hydrogen) atoms. The van der Waals surface area contributed by atoms with Crippen LogP contribution >= 0.6 is 22.9 Å². The summed E-state index contributed by atoms with van der Waals surface area (Å²) in [7, 11) is 0. The molecule has 4 heteroatoms. The molecule has 0 radical (unpaired) electrons. The van der Waals surface area contributed by atoms with Gasteiger partial charge in [0.1, 0.15) is 0 Å². The topological polar surface area (TPSA) is 20.3 Å². The largest absolute Gasteiger partial charge is 0.339 e. The van der Waals surface area contributed by atoms with Crippen molar-refractivity contribution in [2.24, 2.45) is 5.92 Å². The molecular weight excluding hydrogens is 302 g/mol. The molecule has 1 aromatic carbocycles. The van der Waals surface area contributed by atoms with Crippen LogP contribution in [0.1, 0.15) is 28.1 Å². The fourth-order valence-corrected chi connectivity index (χ4v) is 3.78. The SMILES string of the molecule is O=C(c1ccc(Cl)cc1)N1CCC(Cc2cccs2)CC1. The summed E-state index contributed by atoms with van der Waals surface area (Å²) >= 11 is 7.69. The molecule has 2 aromatic rings. The number of likely N-dealkylation sites (tertiary alicyclic amines) is 1. The van der Waals surface area contributed by atoms with Crippen molar-refractivity contribution < 1.29 is 4.79 Å². The number of hydrogen-bond acceptors (Lipinski definition) is 2. The van der Waals surface area contributed by atoms with Crippen molar-refractivity contribution >= 4 is 28.8 Å². The molecule has 0 unspecified atom stereocenters. The van der Waals surface area contributed by atoms with E-state index < -0.39 is 0 Å². The molecule has 0 aliphatic carbocycles. The van der Waals surface area contributed by atoms with Crippen LogP contribution in [0.25, 0.3) is 0 Å². The Hall–Kier alpha value is -1.32. The number of halogens is 1. The Bertz CT molecular complexity index is 586. The summed E-state index contributed by atoms with van der Waals surface area (Å²) in [5.74, 6) is 0.833. The van der Waals surface area contributed by atoms with Crippen LogP contribution in [0.15, 0.2) is 41.8 Å².